The van der Waals surface area contributed by atoms with Gasteiger partial charge in [0, 0.05) is 6.04 Å². The highest BCUT2D eigenvalue weighted by molar-refractivity contribution is 6.05. The molecular weight excluding hydrogens is 141 g/mol. The van der Waals surface area contributed by atoms with E-state index in [0.29, 0.717) is 0 Å². The highest BCUT2D eigenvalue weighted by atomic mass is 16.5. The molecule has 0 aromatic heterocycles. The van der Waals surface area contributed by atoms with Gasteiger partial charge in [-0.05, 0) is 13.3 Å². The van der Waals surface area contributed by atoms with Crippen molar-refractivity contribution in [2.75, 3.05) is 0 Å². The van der Waals surface area contributed by atoms with Crippen LogP contribution in [0.2, 0.25) is 0 Å². The average molecular weight is 157 g/mol. The van der Waals surface area contributed by atoms with Gasteiger partial charge in [0.15, 0.2) is 0 Å². The molecule has 64 valence electrons. The number of carbonyl (C=O) groups is 1. The molecule has 0 aliphatic heterocycles. The maximum atomic E-state index is 10.7. The topological polar surface area (TPSA) is 38.3 Å². The van der Waals surface area contributed by atoms with Gasteiger partial charge in [0.2, 0.25) is 0 Å². The first-order valence-electron chi connectivity index (χ1n) is 4.05. The lowest BCUT2D eigenvalue weighted by molar-refractivity contribution is 0.200. The Labute approximate surface area is 68.9 Å². The van der Waals surface area contributed by atoms with Crippen molar-refractivity contribution in [3.63, 3.8) is 0 Å². The predicted molar refractivity (Wildman–Crippen MR) is 47.1 cm³/mol. The van der Waals surface area contributed by atoms with Gasteiger partial charge in [0.1, 0.15) is 0 Å². The molecule has 0 bridgehead atoms. The monoisotopic (exact) mass is 157 g/mol. The van der Waals surface area contributed by atoms with Crippen molar-refractivity contribution in [1.82, 2.24) is 5.32 Å². The van der Waals surface area contributed by atoms with Crippen LogP contribution < -0.4 is 5.32 Å². The molecule has 1 N–H and O–H groups in total. The Balaban J connectivity index is 3.35. The lowest BCUT2D eigenvalue weighted by Crippen LogP contribution is -2.32. The lowest BCUT2D eigenvalue weighted by atomic mass is 10.1. The van der Waals surface area contributed by atoms with Gasteiger partial charge < -0.3 is 9.97 Å². The van der Waals surface area contributed by atoms with E-state index in [2.05, 4.69) is 16.9 Å². The molecule has 11 heavy (non-hydrogen) atoms. The van der Waals surface area contributed by atoms with Gasteiger partial charge in [-0.25, -0.2) is 4.79 Å². The molecule has 4 heteroatoms. The first-order chi connectivity index (χ1) is 5.20. The molecule has 0 saturated carbocycles. The van der Waals surface area contributed by atoms with E-state index in [1.807, 2.05) is 6.92 Å². The highest BCUT2D eigenvalue weighted by Gasteiger charge is 2.04. The molecule has 0 heterocycles. The van der Waals surface area contributed by atoms with Crippen molar-refractivity contribution >= 4 is 14.1 Å². The lowest BCUT2D eigenvalue weighted by Gasteiger charge is -2.11. The van der Waals surface area contributed by atoms with Gasteiger partial charge in [-0.3, -0.25) is 0 Å². The molecular formula is C7H16BNO2. The highest BCUT2D eigenvalue weighted by Crippen LogP contribution is 1.98. The quantitative estimate of drug-likeness (QED) is 0.614. The van der Waals surface area contributed by atoms with Crippen molar-refractivity contribution in [2.24, 2.45) is 0 Å². The Morgan fingerprint density at radius 1 is 1.73 bits per heavy atom. The SMILES string of the molecule is BOC(=O)NC(C)CCCC. The van der Waals surface area contributed by atoms with Crippen molar-refractivity contribution < 1.29 is 9.45 Å². The molecule has 0 fully saturated rings. The second kappa shape index (κ2) is 6.07. The third-order valence-corrected chi connectivity index (χ3v) is 1.54. The standard InChI is InChI=1S/C7H16BNO2/c1-3-4-5-6(2)9-7(10)11-8/h6H,3-5,8H2,1-2H3,(H,9,10). The second-order valence-corrected chi connectivity index (χ2v) is 2.68. The van der Waals surface area contributed by atoms with Crippen LogP contribution in [0.5, 0.6) is 0 Å². The summed E-state index contributed by atoms with van der Waals surface area (Å²) in [7, 11) is 1.38. The fourth-order valence-corrected chi connectivity index (χ4v) is 0.843. The van der Waals surface area contributed by atoms with Crippen LogP contribution in [0.3, 0.4) is 0 Å². The smallest absolute Gasteiger partial charge is 0.389 e. The van der Waals surface area contributed by atoms with Crippen LogP contribution >= 0.6 is 0 Å². The van der Waals surface area contributed by atoms with Crippen LogP contribution in [-0.2, 0) is 4.65 Å². The number of nitrogens with one attached hydrogen (secondary N) is 1. The fraction of sp³-hybridized carbons (Fsp3) is 0.857. The van der Waals surface area contributed by atoms with Crippen LogP contribution in [0, 0.1) is 0 Å². The molecule has 1 atom stereocenters. The summed E-state index contributed by atoms with van der Waals surface area (Å²) in [5.74, 6) is 0. The van der Waals surface area contributed by atoms with Gasteiger partial charge >= 0.3 is 14.1 Å². The molecule has 1 unspecified atom stereocenters. The third kappa shape index (κ3) is 5.76. The molecule has 0 rings (SSSR count). The molecule has 3 nitrogen and oxygen atoms in total. The number of amides is 1. The summed E-state index contributed by atoms with van der Waals surface area (Å²) < 4.78 is 4.45. The maximum absolute atomic E-state index is 10.7. The summed E-state index contributed by atoms with van der Waals surface area (Å²) in [5.41, 5.74) is 0. The Bertz CT molecular complexity index is 119. The summed E-state index contributed by atoms with van der Waals surface area (Å²) >= 11 is 0. The minimum Gasteiger partial charge on any atom is -0.528 e. The maximum Gasteiger partial charge on any atom is 0.389 e. The zero-order chi connectivity index (χ0) is 8.69. The summed E-state index contributed by atoms with van der Waals surface area (Å²) in [6.45, 7) is 4.11. The molecule has 0 aliphatic carbocycles. The number of hydrogen-bond donors (Lipinski definition) is 1. The minimum atomic E-state index is -0.339. The van der Waals surface area contributed by atoms with Crippen molar-refractivity contribution in [1.29, 1.82) is 0 Å². The van der Waals surface area contributed by atoms with E-state index in [1.54, 1.807) is 0 Å². The zero-order valence-corrected chi connectivity index (χ0v) is 7.52. The van der Waals surface area contributed by atoms with Crippen LogP contribution in [0.15, 0.2) is 0 Å². The number of hydrogen-bond acceptors (Lipinski definition) is 2. The Morgan fingerprint density at radius 3 is 2.82 bits per heavy atom. The molecule has 0 saturated heterocycles. The third-order valence-electron chi connectivity index (χ3n) is 1.54. The summed E-state index contributed by atoms with van der Waals surface area (Å²) in [4.78, 5) is 10.7. The second-order valence-electron chi connectivity index (χ2n) is 2.68. The van der Waals surface area contributed by atoms with E-state index in [0.717, 1.165) is 19.3 Å². The van der Waals surface area contributed by atoms with E-state index < -0.39 is 0 Å². The minimum absolute atomic E-state index is 0.224. The van der Waals surface area contributed by atoms with Crippen LogP contribution in [0.1, 0.15) is 33.1 Å². The molecule has 0 spiro atoms. The van der Waals surface area contributed by atoms with E-state index in [1.165, 1.54) is 8.05 Å². The molecule has 1 amide bonds. The van der Waals surface area contributed by atoms with Crippen LogP contribution in [0.25, 0.3) is 0 Å². The first-order valence-corrected chi connectivity index (χ1v) is 4.05. The van der Waals surface area contributed by atoms with Crippen LogP contribution in [-0.4, -0.2) is 20.2 Å². The van der Waals surface area contributed by atoms with Crippen LogP contribution in [0.4, 0.5) is 4.79 Å². The van der Waals surface area contributed by atoms with Gasteiger partial charge in [-0.1, -0.05) is 19.8 Å². The number of rotatable bonds is 4. The normalized spacial score (nSPS) is 12.2. The van der Waals surface area contributed by atoms with Gasteiger partial charge in [-0.15, -0.1) is 0 Å². The van der Waals surface area contributed by atoms with E-state index in [9.17, 15) is 4.79 Å². The predicted octanol–water partition coefficient (Wildman–Crippen LogP) is 0.839. The summed E-state index contributed by atoms with van der Waals surface area (Å²) in [5, 5.41) is 2.70. The van der Waals surface area contributed by atoms with E-state index in [4.69, 9.17) is 0 Å². The van der Waals surface area contributed by atoms with E-state index in [-0.39, 0.29) is 12.1 Å². The fourth-order valence-electron chi connectivity index (χ4n) is 0.843. The summed E-state index contributed by atoms with van der Waals surface area (Å²) in [6, 6.07) is 0.224. The Morgan fingerprint density at radius 2 is 2.36 bits per heavy atom. The first kappa shape index (κ1) is 10.3. The average Bonchev–Trinajstić information content (AvgIpc) is 2.00. The van der Waals surface area contributed by atoms with Gasteiger partial charge in [-0.2, -0.15) is 0 Å². The van der Waals surface area contributed by atoms with E-state index >= 15 is 0 Å². The van der Waals surface area contributed by atoms with Crippen molar-refractivity contribution in [2.45, 2.75) is 39.2 Å². The van der Waals surface area contributed by atoms with Gasteiger partial charge in [0.05, 0.1) is 0 Å². The summed E-state index contributed by atoms with van der Waals surface area (Å²) in [6.07, 6.45) is 2.98. The van der Waals surface area contributed by atoms with Gasteiger partial charge in [0.25, 0.3) is 0 Å². The zero-order valence-electron chi connectivity index (χ0n) is 7.52. The molecule has 0 aromatic carbocycles. The van der Waals surface area contributed by atoms with Crippen molar-refractivity contribution in [3.05, 3.63) is 0 Å². The number of unbranched alkanes of at least 4 members (excludes halogenated alkanes) is 1. The largest absolute Gasteiger partial charge is 0.528 e. The molecule has 0 aromatic rings. The Kier molecular flexibility index (Phi) is 5.70. The molecule has 0 aliphatic rings. The Hall–Kier alpha value is -0.665. The van der Waals surface area contributed by atoms with Crippen molar-refractivity contribution in [3.8, 4) is 0 Å². The molecule has 0 radical (unpaired) electrons. The number of carbonyl (C=O) groups excluding carboxylic acids is 1.